The fraction of sp³-hybridized carbons (Fsp3) is 0.889. The van der Waals surface area contributed by atoms with Gasteiger partial charge < -0.3 is 4.74 Å². The van der Waals surface area contributed by atoms with Gasteiger partial charge in [0.05, 0.1) is 6.61 Å². The maximum absolute atomic E-state index is 5.56. The van der Waals surface area contributed by atoms with Crippen molar-refractivity contribution in [2.75, 3.05) is 6.61 Å². The minimum atomic E-state index is 0.0861. The van der Waals surface area contributed by atoms with E-state index in [2.05, 4.69) is 32.7 Å². The molecule has 0 saturated carbocycles. The predicted octanol–water partition coefficient (Wildman–Crippen LogP) is 2.10. The van der Waals surface area contributed by atoms with E-state index >= 15 is 0 Å². The van der Waals surface area contributed by atoms with Gasteiger partial charge in [0.1, 0.15) is 6.23 Å². The van der Waals surface area contributed by atoms with Gasteiger partial charge in [-0.3, -0.25) is 4.99 Å². The Bertz CT molecular complexity index is 161. The number of nitrogens with zero attached hydrogens (tertiary/aromatic N) is 1. The van der Waals surface area contributed by atoms with E-state index in [0.717, 1.165) is 6.61 Å². The zero-order chi connectivity index (χ0) is 8.48. The van der Waals surface area contributed by atoms with Gasteiger partial charge in [-0.05, 0) is 5.92 Å². The van der Waals surface area contributed by atoms with E-state index in [4.69, 9.17) is 4.74 Å². The van der Waals surface area contributed by atoms with Crippen LogP contribution in [0.2, 0.25) is 0 Å². The van der Waals surface area contributed by atoms with Crippen molar-refractivity contribution >= 4 is 6.21 Å². The molecule has 1 rings (SSSR count). The van der Waals surface area contributed by atoms with Crippen LogP contribution in [0.1, 0.15) is 27.7 Å². The van der Waals surface area contributed by atoms with Crippen molar-refractivity contribution in [2.45, 2.75) is 33.9 Å². The Morgan fingerprint density at radius 2 is 2.18 bits per heavy atom. The van der Waals surface area contributed by atoms with E-state index in [-0.39, 0.29) is 11.6 Å². The predicted molar refractivity (Wildman–Crippen MR) is 46.9 cm³/mol. The van der Waals surface area contributed by atoms with Gasteiger partial charge >= 0.3 is 0 Å². The van der Waals surface area contributed by atoms with Crippen molar-refractivity contribution in [1.29, 1.82) is 0 Å². The number of aliphatic imine (C=N–C) groups is 1. The molecule has 2 heteroatoms. The zero-order valence-electron chi connectivity index (χ0n) is 7.79. The monoisotopic (exact) mass is 155 g/mol. The first-order chi connectivity index (χ1) is 5.01. The first kappa shape index (κ1) is 8.72. The van der Waals surface area contributed by atoms with Gasteiger partial charge in [-0.1, -0.05) is 27.7 Å². The standard InChI is InChI=1S/C9H17NO/c1-7(2)8-10-5-9(3,4)6-11-8/h5,7-8H,6H2,1-4H3. The molecule has 1 heterocycles. The molecule has 0 bridgehead atoms. The molecule has 0 N–H and O–H groups in total. The van der Waals surface area contributed by atoms with Crippen LogP contribution in [-0.2, 0) is 4.74 Å². The van der Waals surface area contributed by atoms with Gasteiger partial charge in [-0.25, -0.2) is 0 Å². The summed E-state index contributed by atoms with van der Waals surface area (Å²) < 4.78 is 5.56. The largest absolute Gasteiger partial charge is 0.355 e. The van der Waals surface area contributed by atoms with Crippen molar-refractivity contribution in [3.63, 3.8) is 0 Å². The zero-order valence-corrected chi connectivity index (χ0v) is 7.79. The van der Waals surface area contributed by atoms with E-state index in [9.17, 15) is 0 Å². The van der Waals surface area contributed by atoms with E-state index < -0.39 is 0 Å². The molecule has 0 saturated heterocycles. The lowest BCUT2D eigenvalue weighted by Gasteiger charge is -2.29. The Labute approximate surface area is 68.7 Å². The fourth-order valence-corrected chi connectivity index (χ4v) is 1.02. The van der Waals surface area contributed by atoms with Crippen LogP contribution in [0.15, 0.2) is 4.99 Å². The molecule has 0 aromatic carbocycles. The van der Waals surface area contributed by atoms with Crippen molar-refractivity contribution in [2.24, 2.45) is 16.3 Å². The topological polar surface area (TPSA) is 21.6 Å². The van der Waals surface area contributed by atoms with Crippen LogP contribution in [0.3, 0.4) is 0 Å². The van der Waals surface area contributed by atoms with Gasteiger partial charge in [-0.2, -0.15) is 0 Å². The number of hydrogen-bond donors (Lipinski definition) is 0. The van der Waals surface area contributed by atoms with Crippen LogP contribution in [0.5, 0.6) is 0 Å². The maximum atomic E-state index is 5.56. The Kier molecular flexibility index (Phi) is 2.33. The second-order valence-corrected chi connectivity index (χ2v) is 4.21. The summed E-state index contributed by atoms with van der Waals surface area (Å²) in [6.07, 6.45) is 2.10. The molecular weight excluding hydrogens is 138 g/mol. The van der Waals surface area contributed by atoms with Crippen LogP contribution in [0, 0.1) is 11.3 Å². The summed E-state index contributed by atoms with van der Waals surface area (Å²) in [7, 11) is 0. The Morgan fingerprint density at radius 1 is 1.55 bits per heavy atom. The third kappa shape index (κ3) is 2.29. The lowest BCUT2D eigenvalue weighted by atomic mass is 9.95. The van der Waals surface area contributed by atoms with Crippen LogP contribution in [-0.4, -0.2) is 19.0 Å². The summed E-state index contributed by atoms with van der Waals surface area (Å²) in [6, 6.07) is 0. The SMILES string of the molecule is CC(C)C1N=CC(C)(C)CO1. The van der Waals surface area contributed by atoms with Crippen molar-refractivity contribution in [1.82, 2.24) is 0 Å². The fourth-order valence-electron chi connectivity index (χ4n) is 1.02. The molecule has 1 atom stereocenters. The van der Waals surface area contributed by atoms with E-state index in [1.54, 1.807) is 0 Å². The van der Waals surface area contributed by atoms with Crippen molar-refractivity contribution in [3.8, 4) is 0 Å². The highest BCUT2D eigenvalue weighted by atomic mass is 16.5. The van der Waals surface area contributed by atoms with Crippen LogP contribution in [0.4, 0.5) is 0 Å². The summed E-state index contributed by atoms with van der Waals surface area (Å²) >= 11 is 0. The Balaban J connectivity index is 2.56. The maximum Gasteiger partial charge on any atom is 0.150 e. The van der Waals surface area contributed by atoms with Gasteiger partial charge in [0.15, 0.2) is 0 Å². The third-order valence-corrected chi connectivity index (χ3v) is 1.77. The van der Waals surface area contributed by atoms with Crippen LogP contribution >= 0.6 is 0 Å². The minimum absolute atomic E-state index is 0.0861. The molecule has 64 valence electrons. The van der Waals surface area contributed by atoms with Gasteiger partial charge in [0.25, 0.3) is 0 Å². The van der Waals surface area contributed by atoms with E-state index in [1.807, 2.05) is 6.21 Å². The molecule has 11 heavy (non-hydrogen) atoms. The molecule has 0 aromatic heterocycles. The Morgan fingerprint density at radius 3 is 2.55 bits per heavy atom. The summed E-state index contributed by atoms with van der Waals surface area (Å²) in [6.45, 7) is 9.31. The second-order valence-electron chi connectivity index (χ2n) is 4.21. The van der Waals surface area contributed by atoms with Crippen molar-refractivity contribution < 1.29 is 4.74 Å². The lowest BCUT2D eigenvalue weighted by molar-refractivity contribution is -0.00896. The van der Waals surface area contributed by atoms with E-state index in [1.165, 1.54) is 0 Å². The molecule has 0 fully saturated rings. The molecule has 1 aliphatic rings. The summed E-state index contributed by atoms with van der Waals surface area (Å²) in [5.74, 6) is 0.488. The van der Waals surface area contributed by atoms with Crippen molar-refractivity contribution in [3.05, 3.63) is 0 Å². The minimum Gasteiger partial charge on any atom is -0.355 e. The molecular formula is C9H17NO. The van der Waals surface area contributed by atoms with Gasteiger partial charge in [0, 0.05) is 11.6 Å². The first-order valence-corrected chi connectivity index (χ1v) is 4.17. The molecule has 0 aromatic rings. The highest BCUT2D eigenvalue weighted by Gasteiger charge is 2.24. The highest BCUT2D eigenvalue weighted by Crippen LogP contribution is 2.21. The lowest BCUT2D eigenvalue weighted by Crippen LogP contribution is -2.32. The summed E-state index contributed by atoms with van der Waals surface area (Å²) in [4.78, 5) is 4.33. The summed E-state index contributed by atoms with van der Waals surface area (Å²) in [5.41, 5.74) is 0.130. The van der Waals surface area contributed by atoms with Crippen LogP contribution in [0.25, 0.3) is 0 Å². The molecule has 0 aliphatic carbocycles. The first-order valence-electron chi connectivity index (χ1n) is 4.17. The number of rotatable bonds is 1. The number of hydrogen-bond acceptors (Lipinski definition) is 2. The smallest absolute Gasteiger partial charge is 0.150 e. The van der Waals surface area contributed by atoms with Gasteiger partial charge in [-0.15, -0.1) is 0 Å². The third-order valence-electron chi connectivity index (χ3n) is 1.77. The second kappa shape index (κ2) is 2.94. The molecule has 2 nitrogen and oxygen atoms in total. The van der Waals surface area contributed by atoms with Crippen LogP contribution < -0.4 is 0 Å². The number of ether oxygens (including phenoxy) is 1. The molecule has 0 spiro atoms. The average Bonchev–Trinajstić information content (AvgIpc) is 1.86. The average molecular weight is 155 g/mol. The molecule has 1 aliphatic heterocycles. The molecule has 0 amide bonds. The highest BCUT2D eigenvalue weighted by molar-refractivity contribution is 5.65. The summed E-state index contributed by atoms with van der Waals surface area (Å²) in [5, 5.41) is 0. The van der Waals surface area contributed by atoms with E-state index in [0.29, 0.717) is 5.92 Å². The molecule has 1 unspecified atom stereocenters. The quantitative estimate of drug-likeness (QED) is 0.568. The van der Waals surface area contributed by atoms with Gasteiger partial charge in [0.2, 0.25) is 0 Å². The Hall–Kier alpha value is -0.370. The normalized spacial score (nSPS) is 29.4. The molecule has 0 radical (unpaired) electrons.